The fourth-order valence-corrected chi connectivity index (χ4v) is 18.6. The molecule has 0 fully saturated rings. The minimum Gasteiger partial charge on any atom is -0.311 e. The predicted octanol–water partition coefficient (Wildman–Crippen LogP) is 20.4. The average molecular weight is 1130 g/mol. The molecule has 0 radical (unpaired) electrons. The zero-order chi connectivity index (χ0) is 60.9. The Balaban J connectivity index is 1.13. The van der Waals surface area contributed by atoms with E-state index >= 15 is 0 Å². The lowest BCUT2D eigenvalue weighted by Crippen LogP contribution is -2.63. The first-order valence-corrected chi connectivity index (χ1v) is 33.0. The summed E-state index contributed by atoms with van der Waals surface area (Å²) in [6, 6.07) is 52.6. The van der Waals surface area contributed by atoms with Crippen LogP contribution in [0.25, 0.3) is 22.3 Å². The zero-order valence-corrected chi connectivity index (χ0v) is 55.8. The number of anilines is 6. The quantitative estimate of drug-likeness (QED) is 0.163. The second-order valence-electron chi connectivity index (χ2n) is 33.8. The largest absolute Gasteiger partial charge is 0.311 e. The van der Waals surface area contributed by atoms with Gasteiger partial charge in [0.1, 0.15) is 0 Å². The van der Waals surface area contributed by atoms with Gasteiger partial charge in [0.15, 0.2) is 0 Å². The van der Waals surface area contributed by atoms with Gasteiger partial charge in [-0.25, -0.2) is 0 Å². The Hall–Kier alpha value is -6.58. The van der Waals surface area contributed by atoms with Crippen LogP contribution in [0, 0.1) is 13.8 Å². The van der Waals surface area contributed by atoms with Crippen molar-refractivity contribution in [2.45, 2.75) is 226 Å². The summed E-state index contributed by atoms with van der Waals surface area (Å²) < 4.78 is 0. The van der Waals surface area contributed by atoms with Crippen molar-refractivity contribution in [3.63, 3.8) is 0 Å². The van der Waals surface area contributed by atoms with Crippen LogP contribution >= 0.6 is 0 Å². The molecule has 0 spiro atoms. The molecule has 0 atom stereocenters. The summed E-state index contributed by atoms with van der Waals surface area (Å²) in [6.45, 7) is 49.9. The van der Waals surface area contributed by atoms with Gasteiger partial charge in [0.05, 0.1) is 0 Å². The Morgan fingerprint density at radius 3 is 1.19 bits per heavy atom. The highest BCUT2D eigenvalue weighted by Gasteiger charge is 2.53. The molecule has 15 rings (SSSR count). The minimum absolute atomic E-state index is 0.0121. The molecule has 438 valence electrons. The zero-order valence-electron chi connectivity index (χ0n) is 55.8. The lowest BCUT2D eigenvalue weighted by molar-refractivity contribution is 0.331. The highest BCUT2D eigenvalue weighted by molar-refractivity contribution is 7.00. The molecule has 0 saturated carbocycles. The van der Waals surface area contributed by atoms with Crippen molar-refractivity contribution in [1.82, 2.24) is 0 Å². The third-order valence-corrected chi connectivity index (χ3v) is 24.5. The van der Waals surface area contributed by atoms with E-state index in [2.05, 4.69) is 276 Å². The van der Waals surface area contributed by atoms with Gasteiger partial charge in [-0.2, -0.15) is 0 Å². The molecule has 8 aromatic carbocycles. The van der Waals surface area contributed by atoms with Crippen molar-refractivity contribution in [2.24, 2.45) is 0 Å². The molecule has 5 aliphatic carbocycles. The lowest BCUT2D eigenvalue weighted by Gasteiger charge is -2.50. The van der Waals surface area contributed by atoms with E-state index < -0.39 is 0 Å². The summed E-state index contributed by atoms with van der Waals surface area (Å²) in [7, 11) is 0. The summed E-state index contributed by atoms with van der Waals surface area (Å²) in [5.74, 6) is 0. The summed E-state index contributed by atoms with van der Waals surface area (Å²) in [4.78, 5) is 5.61. The molecule has 86 heavy (non-hydrogen) atoms. The standard InChI is InChI=1S/C83H93BN2/c1-48-38-57-61(79(11,12)36-32-75(57,3)4)45-67(48)85-66-31-30-52-53-42-59-60(78(9,10)35-34-77(59,7)8)43-56(53)83(19,20)72(52)74(66)84-65-44-63-64(82(17,18)55-29-25-24-28-54(55)81(63,15)16)47-69(65)86(71-41-51(40-70(85)73(71)84)50-26-22-21-23-27-50)68-46-62-58(39-49(68)2)76(5,6)33-37-80(62,13)14/h21-31,38-47H,32-37H2,1-20H3. The normalized spacial score (nSPS) is 21.3. The second kappa shape index (κ2) is 17.4. The predicted molar refractivity (Wildman–Crippen MR) is 369 cm³/mol. The summed E-state index contributed by atoms with van der Waals surface area (Å²) in [6.07, 6.45) is 7.06. The molecule has 3 heteroatoms. The van der Waals surface area contributed by atoms with Crippen molar-refractivity contribution >= 4 is 57.2 Å². The molecule has 0 unspecified atom stereocenters. The Kier molecular flexibility index (Phi) is 11.3. The fraction of sp³-hybridized carbons (Fsp3) is 0.422. The first-order valence-electron chi connectivity index (χ1n) is 33.0. The topological polar surface area (TPSA) is 6.48 Å². The van der Waals surface area contributed by atoms with Gasteiger partial charge < -0.3 is 9.80 Å². The number of nitrogens with zero attached hydrogens (tertiary/aromatic N) is 2. The van der Waals surface area contributed by atoms with E-state index in [1.54, 1.807) is 5.56 Å². The van der Waals surface area contributed by atoms with Crippen LogP contribution in [0.3, 0.4) is 0 Å². The van der Waals surface area contributed by atoms with Crippen LogP contribution in [0.2, 0.25) is 0 Å². The van der Waals surface area contributed by atoms with Gasteiger partial charge in [0, 0.05) is 50.4 Å². The Morgan fingerprint density at radius 1 is 0.291 bits per heavy atom. The average Bonchev–Trinajstić information content (AvgIpc) is 1.12. The van der Waals surface area contributed by atoms with Crippen LogP contribution in [0.1, 0.15) is 241 Å². The van der Waals surface area contributed by atoms with E-state index in [4.69, 9.17) is 0 Å². The highest BCUT2D eigenvalue weighted by Crippen LogP contribution is 2.60. The molecule has 0 N–H and O–H groups in total. The van der Waals surface area contributed by atoms with Crippen LogP contribution in [-0.4, -0.2) is 6.71 Å². The van der Waals surface area contributed by atoms with E-state index in [9.17, 15) is 0 Å². The third kappa shape index (κ3) is 7.45. The molecule has 0 saturated heterocycles. The fourth-order valence-electron chi connectivity index (χ4n) is 18.6. The molecule has 2 nitrogen and oxygen atoms in total. The van der Waals surface area contributed by atoms with Crippen molar-refractivity contribution in [3.8, 4) is 22.3 Å². The number of rotatable bonds is 3. The maximum Gasteiger partial charge on any atom is 0.252 e. The number of hydrogen-bond donors (Lipinski definition) is 0. The van der Waals surface area contributed by atoms with Crippen molar-refractivity contribution in [3.05, 3.63) is 205 Å². The van der Waals surface area contributed by atoms with Gasteiger partial charge in [-0.3, -0.25) is 0 Å². The van der Waals surface area contributed by atoms with Gasteiger partial charge in [0.25, 0.3) is 6.71 Å². The first kappa shape index (κ1) is 56.0. The summed E-state index contributed by atoms with van der Waals surface area (Å²) in [5.41, 5.74) is 37.4. The van der Waals surface area contributed by atoms with E-state index in [0.29, 0.717) is 0 Å². The number of fused-ring (bicyclic) bond motifs is 13. The molecule has 8 aromatic rings. The molecule has 2 heterocycles. The molecular formula is C83H93BN2. The molecule has 0 bridgehead atoms. The molecule has 7 aliphatic rings. The SMILES string of the molecule is Cc1cc2c(cc1N1c3cc4c(cc3B3c5c1cc(-c1ccccc1)cc5N(c1cc5c(cc1C)C(C)(C)CCC5(C)C)c1ccc5c(c13)C(C)(C)c1cc3c(cc1-5)C(C)(C)CCC3(C)C)C(C)(C)c1ccccc1C4(C)C)C(C)(C)CCC2(C)C. The third-order valence-electron chi connectivity index (χ3n) is 24.5. The van der Waals surface area contributed by atoms with Gasteiger partial charge in [0.2, 0.25) is 0 Å². The molecular weight excluding hydrogens is 1040 g/mol. The Morgan fingerprint density at radius 2 is 0.698 bits per heavy atom. The molecule has 0 aromatic heterocycles. The van der Waals surface area contributed by atoms with E-state index in [-0.39, 0.29) is 55.4 Å². The second-order valence-corrected chi connectivity index (χ2v) is 33.8. The van der Waals surface area contributed by atoms with Crippen LogP contribution in [0.5, 0.6) is 0 Å². The van der Waals surface area contributed by atoms with Crippen LogP contribution < -0.4 is 26.2 Å². The number of benzene rings is 8. The smallest absolute Gasteiger partial charge is 0.252 e. The van der Waals surface area contributed by atoms with Crippen LogP contribution in [0.15, 0.2) is 127 Å². The van der Waals surface area contributed by atoms with E-state index in [1.807, 2.05) is 0 Å². The van der Waals surface area contributed by atoms with Gasteiger partial charge in [-0.05, 0) is 244 Å². The Labute approximate surface area is 517 Å². The van der Waals surface area contributed by atoms with E-state index in [0.717, 1.165) is 12.8 Å². The van der Waals surface area contributed by atoms with Crippen molar-refractivity contribution in [2.75, 3.05) is 9.80 Å². The number of aryl methyl sites for hydroxylation is 2. The van der Waals surface area contributed by atoms with Crippen LogP contribution in [-0.2, 0) is 48.7 Å². The van der Waals surface area contributed by atoms with Gasteiger partial charge >= 0.3 is 0 Å². The van der Waals surface area contributed by atoms with Crippen molar-refractivity contribution in [1.29, 1.82) is 0 Å². The highest BCUT2D eigenvalue weighted by atomic mass is 15.2. The maximum absolute atomic E-state index is 2.81. The first-order chi connectivity index (χ1) is 40.2. The Bertz CT molecular complexity index is 4300. The monoisotopic (exact) mass is 1130 g/mol. The van der Waals surface area contributed by atoms with Crippen LogP contribution in [0.4, 0.5) is 34.1 Å². The summed E-state index contributed by atoms with van der Waals surface area (Å²) >= 11 is 0. The number of hydrogen-bond acceptors (Lipinski definition) is 2. The van der Waals surface area contributed by atoms with Crippen molar-refractivity contribution < 1.29 is 0 Å². The minimum atomic E-state index is -0.313. The maximum atomic E-state index is 2.81. The molecule has 0 amide bonds. The van der Waals surface area contributed by atoms with Gasteiger partial charge in [-0.1, -0.05) is 210 Å². The molecule has 2 aliphatic heterocycles. The van der Waals surface area contributed by atoms with Gasteiger partial charge in [-0.15, -0.1) is 0 Å². The van der Waals surface area contributed by atoms with E-state index in [1.165, 1.54) is 171 Å². The lowest BCUT2D eigenvalue weighted by atomic mass is 9.31. The summed E-state index contributed by atoms with van der Waals surface area (Å²) in [5, 5.41) is 0.